The third-order valence-electron chi connectivity index (χ3n) is 5.31. The summed E-state index contributed by atoms with van der Waals surface area (Å²) in [6.07, 6.45) is 0.422. The second-order valence-corrected chi connectivity index (χ2v) is 9.36. The molecule has 0 unspecified atom stereocenters. The molecule has 0 aliphatic carbocycles. The number of amides is 2. The third-order valence-corrected chi connectivity index (χ3v) is 5.31. The fraction of sp³-hybridized carbons (Fsp3) is 0.440. The maximum absolute atomic E-state index is 12.8. The van der Waals surface area contributed by atoms with E-state index in [9.17, 15) is 14.5 Å². The van der Waals surface area contributed by atoms with Gasteiger partial charge in [0, 0.05) is 17.3 Å². The van der Waals surface area contributed by atoms with Crippen LogP contribution in [-0.2, 0) is 17.8 Å². The van der Waals surface area contributed by atoms with Crippen LogP contribution < -0.4 is 4.74 Å². The first-order valence-corrected chi connectivity index (χ1v) is 10.8. The second-order valence-electron chi connectivity index (χ2n) is 9.36. The number of fused-ring (bicyclic) bond motifs is 1. The summed E-state index contributed by atoms with van der Waals surface area (Å²) in [4.78, 5) is 36.6. The average Bonchev–Trinajstić information content (AvgIpc) is 2.74. The molecule has 2 aromatic rings. The zero-order valence-corrected chi connectivity index (χ0v) is 19.3. The van der Waals surface area contributed by atoms with Crippen LogP contribution in [0.15, 0.2) is 47.6 Å². The van der Waals surface area contributed by atoms with Crippen molar-refractivity contribution in [2.75, 3.05) is 6.54 Å². The number of nitroso groups, excluding NO2 is 1. The zero-order chi connectivity index (χ0) is 23.5. The van der Waals surface area contributed by atoms with Crippen molar-refractivity contribution in [3.63, 3.8) is 0 Å². The van der Waals surface area contributed by atoms with E-state index in [0.29, 0.717) is 18.7 Å². The van der Waals surface area contributed by atoms with Crippen molar-refractivity contribution in [3.8, 4) is 5.75 Å². The van der Waals surface area contributed by atoms with Crippen LogP contribution in [0, 0.1) is 10.8 Å². The van der Waals surface area contributed by atoms with Gasteiger partial charge >= 0.3 is 12.0 Å². The van der Waals surface area contributed by atoms with E-state index < -0.39 is 11.5 Å². The van der Waals surface area contributed by atoms with Crippen LogP contribution in [0.2, 0.25) is 0 Å². The second kappa shape index (κ2) is 9.51. The van der Waals surface area contributed by atoms with Crippen LogP contribution in [0.3, 0.4) is 0 Å². The Bertz CT molecular complexity index is 1010. The lowest BCUT2D eigenvalue weighted by Gasteiger charge is -2.40. The lowest BCUT2D eigenvalue weighted by Crippen LogP contribution is -2.44. The first-order chi connectivity index (χ1) is 15.1. The maximum atomic E-state index is 12.8. The van der Waals surface area contributed by atoms with Crippen LogP contribution in [-0.4, -0.2) is 29.0 Å². The van der Waals surface area contributed by atoms with Crippen LogP contribution in [0.1, 0.15) is 67.7 Å². The van der Waals surface area contributed by atoms with E-state index >= 15 is 0 Å². The molecule has 0 fully saturated rings. The predicted molar refractivity (Wildman–Crippen MR) is 122 cm³/mol. The molecule has 0 saturated carbocycles. The van der Waals surface area contributed by atoms with Gasteiger partial charge in [-0.3, -0.25) is 4.79 Å². The van der Waals surface area contributed by atoms with Crippen LogP contribution >= 0.6 is 0 Å². The molecule has 170 valence electrons. The summed E-state index contributed by atoms with van der Waals surface area (Å²) < 4.78 is 11.6. The normalized spacial score (nSPS) is 15.8. The number of nitrogens with zero attached hydrogens (tertiary/aromatic N) is 2. The summed E-state index contributed by atoms with van der Waals surface area (Å²) in [7, 11) is 0. The molecular formula is C25H30N2O5. The molecule has 7 nitrogen and oxygen atoms in total. The van der Waals surface area contributed by atoms with Gasteiger partial charge in [0.15, 0.2) is 0 Å². The van der Waals surface area contributed by atoms with Crippen molar-refractivity contribution in [1.29, 1.82) is 0 Å². The third kappa shape index (κ3) is 5.52. The number of carbonyl (C=O) groups excluding carboxylic acids is 2. The number of hydrogen-bond donors (Lipinski definition) is 0. The molecule has 1 atom stereocenters. The number of carbonyl (C=O) groups is 2. The first-order valence-electron chi connectivity index (χ1n) is 10.8. The molecule has 0 bridgehead atoms. The first kappa shape index (κ1) is 23.4. The summed E-state index contributed by atoms with van der Waals surface area (Å²) >= 11 is 0. The number of ether oxygens (including phenoxy) is 2. The van der Waals surface area contributed by atoms with E-state index in [2.05, 4.69) is 19.0 Å². The van der Waals surface area contributed by atoms with Crippen molar-refractivity contribution in [2.45, 2.75) is 59.3 Å². The Kier molecular flexibility index (Phi) is 6.96. The highest BCUT2D eigenvalue weighted by molar-refractivity contribution is 5.94. The van der Waals surface area contributed by atoms with Gasteiger partial charge in [-0.25, -0.2) is 4.79 Å². The number of rotatable bonds is 5. The Hall–Kier alpha value is -3.22. The van der Waals surface area contributed by atoms with Crippen molar-refractivity contribution in [3.05, 3.63) is 69.6 Å². The fourth-order valence-corrected chi connectivity index (χ4v) is 3.98. The lowest BCUT2D eigenvalue weighted by atomic mass is 9.86. The molecule has 1 aliphatic heterocycles. The SMILES string of the molecule is CC(C)[C@H]1c2ccc(OCc3cccc(C(=O)N=O)c3)cc2CCN1C(=O)OC(C)(C)C. The summed E-state index contributed by atoms with van der Waals surface area (Å²) in [5.74, 6) is 0.136. The molecule has 1 heterocycles. The van der Waals surface area contributed by atoms with Gasteiger partial charge in [0.05, 0.1) is 6.04 Å². The van der Waals surface area contributed by atoms with E-state index in [1.165, 1.54) is 0 Å². The van der Waals surface area contributed by atoms with Crippen molar-refractivity contribution in [2.24, 2.45) is 11.1 Å². The summed E-state index contributed by atoms with van der Waals surface area (Å²) in [6, 6.07) is 12.5. The fourth-order valence-electron chi connectivity index (χ4n) is 3.98. The molecule has 0 spiro atoms. The zero-order valence-electron chi connectivity index (χ0n) is 19.3. The maximum Gasteiger partial charge on any atom is 0.410 e. The minimum atomic E-state index is -0.796. The van der Waals surface area contributed by atoms with Gasteiger partial charge < -0.3 is 14.4 Å². The molecule has 2 aromatic carbocycles. The van der Waals surface area contributed by atoms with Gasteiger partial charge in [-0.1, -0.05) is 32.0 Å². The summed E-state index contributed by atoms with van der Waals surface area (Å²) in [6.45, 7) is 10.7. The molecule has 0 radical (unpaired) electrons. The van der Waals surface area contributed by atoms with Gasteiger partial charge in [-0.15, -0.1) is 4.91 Å². The lowest BCUT2D eigenvalue weighted by molar-refractivity contribution is 0.00876. The van der Waals surface area contributed by atoms with Gasteiger partial charge in [0.2, 0.25) is 0 Å². The van der Waals surface area contributed by atoms with Gasteiger partial charge in [-0.05, 0) is 74.1 Å². The highest BCUT2D eigenvalue weighted by Gasteiger charge is 2.35. The molecule has 32 heavy (non-hydrogen) atoms. The molecule has 3 rings (SSSR count). The highest BCUT2D eigenvalue weighted by Crippen LogP contribution is 2.37. The van der Waals surface area contributed by atoms with Gasteiger partial charge in [0.1, 0.15) is 18.0 Å². The van der Waals surface area contributed by atoms with Crippen LogP contribution in [0.5, 0.6) is 5.75 Å². The topological polar surface area (TPSA) is 85.3 Å². The Labute approximate surface area is 188 Å². The number of hydrogen-bond acceptors (Lipinski definition) is 5. The highest BCUT2D eigenvalue weighted by atomic mass is 16.6. The van der Waals surface area contributed by atoms with E-state index in [4.69, 9.17) is 9.47 Å². The molecule has 2 amide bonds. The Morgan fingerprint density at radius 3 is 2.56 bits per heavy atom. The van der Waals surface area contributed by atoms with E-state index in [-0.39, 0.29) is 30.2 Å². The van der Waals surface area contributed by atoms with Crippen molar-refractivity contribution < 1.29 is 19.1 Å². The van der Waals surface area contributed by atoms with Crippen LogP contribution in [0.25, 0.3) is 0 Å². The monoisotopic (exact) mass is 438 g/mol. The van der Waals surface area contributed by atoms with Gasteiger partial charge in [0.25, 0.3) is 0 Å². The van der Waals surface area contributed by atoms with Gasteiger partial charge in [-0.2, -0.15) is 0 Å². The number of benzene rings is 2. The molecule has 0 aromatic heterocycles. The standard InChI is InChI=1S/C25H30N2O5/c1-16(2)22-21-10-9-20(31-15-17-7-6-8-19(13-17)23(28)26-30)14-18(21)11-12-27(22)24(29)32-25(3,4)5/h6-10,13-14,16,22H,11-12,15H2,1-5H3/t22-/m0/s1. The molecule has 0 N–H and O–H groups in total. The Morgan fingerprint density at radius 2 is 1.91 bits per heavy atom. The molecule has 1 aliphatic rings. The summed E-state index contributed by atoms with van der Waals surface area (Å²) in [5, 5.41) is 2.46. The Morgan fingerprint density at radius 1 is 1.16 bits per heavy atom. The quantitative estimate of drug-likeness (QED) is 0.562. The van der Waals surface area contributed by atoms with E-state index in [1.807, 2.05) is 49.9 Å². The molecular weight excluding hydrogens is 408 g/mol. The van der Waals surface area contributed by atoms with Crippen LogP contribution in [0.4, 0.5) is 4.79 Å². The minimum Gasteiger partial charge on any atom is -0.489 e. The van der Waals surface area contributed by atoms with Crippen molar-refractivity contribution in [1.82, 2.24) is 4.90 Å². The average molecular weight is 439 g/mol. The Balaban J connectivity index is 1.76. The molecule has 7 heteroatoms. The predicted octanol–water partition coefficient (Wildman–Crippen LogP) is 5.66. The van der Waals surface area contributed by atoms with E-state index in [1.54, 1.807) is 18.2 Å². The van der Waals surface area contributed by atoms with E-state index in [0.717, 1.165) is 16.7 Å². The smallest absolute Gasteiger partial charge is 0.410 e. The summed E-state index contributed by atoms with van der Waals surface area (Å²) in [5.41, 5.74) is 2.73. The largest absolute Gasteiger partial charge is 0.489 e. The van der Waals surface area contributed by atoms with Crippen molar-refractivity contribution >= 4 is 12.0 Å². The molecule has 0 saturated heterocycles. The minimum absolute atomic E-state index is 0.0683.